The van der Waals surface area contributed by atoms with E-state index in [1.807, 2.05) is 6.92 Å². The molecule has 0 bridgehead atoms. The number of carbonyl (C=O) groups excluding carboxylic acids is 2. The van der Waals surface area contributed by atoms with Crippen molar-refractivity contribution in [3.05, 3.63) is 9.15 Å². The molecule has 0 spiro atoms. The molecule has 1 rings (SSSR count). The Hall–Kier alpha value is -0.390. The van der Waals surface area contributed by atoms with E-state index in [0.717, 1.165) is 15.6 Å². The van der Waals surface area contributed by atoms with Crippen molar-refractivity contribution in [1.29, 1.82) is 0 Å². The van der Waals surface area contributed by atoms with Crippen LogP contribution >= 0.6 is 22.6 Å². The molecule has 0 saturated heterocycles. The third-order valence-electron chi connectivity index (χ3n) is 2.99. The molecule has 1 unspecified atom stereocenters. The summed E-state index contributed by atoms with van der Waals surface area (Å²) in [6, 6.07) is 0. The van der Waals surface area contributed by atoms with Gasteiger partial charge in [-0.05, 0) is 65.4 Å². The molecular weight excluding hydrogens is 307 g/mol. The van der Waals surface area contributed by atoms with Crippen molar-refractivity contribution in [3.8, 4) is 0 Å². The lowest BCUT2D eigenvalue weighted by Gasteiger charge is -2.25. The maximum absolute atomic E-state index is 11.9. The van der Waals surface area contributed by atoms with Crippen LogP contribution in [0.25, 0.3) is 0 Å². The molecule has 0 aromatic heterocycles. The highest BCUT2D eigenvalue weighted by atomic mass is 127. The van der Waals surface area contributed by atoms with Crippen LogP contribution in [0.15, 0.2) is 9.15 Å². The minimum Gasteiger partial charge on any atom is -0.465 e. The largest absolute Gasteiger partial charge is 0.465 e. The number of halogens is 1. The molecule has 1 aliphatic rings. The second-order valence-corrected chi connectivity index (χ2v) is 5.01. The summed E-state index contributed by atoms with van der Waals surface area (Å²) in [5.74, 6) is -0.494. The molecule has 1 aliphatic carbocycles. The summed E-state index contributed by atoms with van der Waals surface area (Å²) in [4.78, 5) is 23.6. The number of Topliss-reactive ketones (excluding diaryl/α,β-unsaturated/α-hetero) is 1. The first-order valence-electron chi connectivity index (χ1n) is 5.00. The van der Waals surface area contributed by atoms with Crippen LogP contribution in [0, 0.1) is 5.41 Å². The Bertz CT molecular complexity index is 333. The Morgan fingerprint density at radius 3 is 2.47 bits per heavy atom. The molecular formula is C11H15IO3. The molecule has 0 heterocycles. The fourth-order valence-electron chi connectivity index (χ4n) is 2.00. The summed E-state index contributed by atoms with van der Waals surface area (Å²) in [7, 11) is 0. The average molecular weight is 322 g/mol. The molecule has 1 atom stereocenters. The summed E-state index contributed by atoms with van der Waals surface area (Å²) in [6.07, 6.45) is 1.36. The van der Waals surface area contributed by atoms with E-state index in [4.69, 9.17) is 4.74 Å². The van der Waals surface area contributed by atoms with E-state index in [2.05, 4.69) is 22.6 Å². The lowest BCUT2D eigenvalue weighted by atomic mass is 9.78. The van der Waals surface area contributed by atoms with Crippen molar-refractivity contribution in [1.82, 2.24) is 0 Å². The number of ketones is 1. The molecule has 4 heteroatoms. The first-order valence-corrected chi connectivity index (χ1v) is 6.08. The highest BCUT2D eigenvalue weighted by Crippen LogP contribution is 2.46. The van der Waals surface area contributed by atoms with Crippen LogP contribution in [0.3, 0.4) is 0 Å². The van der Waals surface area contributed by atoms with Crippen molar-refractivity contribution in [3.63, 3.8) is 0 Å². The third-order valence-corrected chi connectivity index (χ3v) is 4.34. The van der Waals surface area contributed by atoms with Gasteiger partial charge in [0.05, 0.1) is 6.61 Å². The fraction of sp³-hybridized carbons (Fsp3) is 0.636. The zero-order valence-electron chi connectivity index (χ0n) is 9.22. The molecule has 0 N–H and O–H groups in total. The van der Waals surface area contributed by atoms with Gasteiger partial charge < -0.3 is 4.74 Å². The quantitative estimate of drug-likeness (QED) is 0.456. The molecule has 0 radical (unpaired) electrons. The van der Waals surface area contributed by atoms with Crippen LogP contribution in [-0.2, 0) is 14.3 Å². The van der Waals surface area contributed by atoms with Gasteiger partial charge in [0.2, 0.25) is 0 Å². The molecule has 0 saturated carbocycles. The van der Waals surface area contributed by atoms with Crippen molar-refractivity contribution in [2.24, 2.45) is 5.41 Å². The van der Waals surface area contributed by atoms with Gasteiger partial charge in [0.25, 0.3) is 0 Å². The summed E-state index contributed by atoms with van der Waals surface area (Å²) in [5.41, 5.74) is -0.124. The zero-order valence-corrected chi connectivity index (χ0v) is 11.4. The van der Waals surface area contributed by atoms with Gasteiger partial charge in [-0.1, -0.05) is 0 Å². The normalized spacial score (nSPS) is 25.6. The number of hydrogen-bond donors (Lipinski definition) is 0. The zero-order chi connectivity index (χ0) is 11.6. The minimum absolute atomic E-state index is 0.106. The molecule has 3 nitrogen and oxygen atoms in total. The highest BCUT2D eigenvalue weighted by molar-refractivity contribution is 14.1. The Morgan fingerprint density at radius 1 is 1.53 bits per heavy atom. The summed E-state index contributed by atoms with van der Waals surface area (Å²) in [5, 5.41) is 0. The number of ether oxygens (including phenoxy) is 1. The van der Waals surface area contributed by atoms with Crippen molar-refractivity contribution >= 4 is 34.3 Å². The monoisotopic (exact) mass is 322 g/mol. The van der Waals surface area contributed by atoms with Crippen LogP contribution in [0.2, 0.25) is 0 Å². The summed E-state index contributed by atoms with van der Waals surface area (Å²) in [6.45, 7) is 5.39. The number of rotatable bonds is 3. The van der Waals surface area contributed by atoms with Crippen LogP contribution in [0.4, 0.5) is 0 Å². The standard InChI is InChI=1S/C11H15IO3/c1-4-15-10(14)11(8(3)13)6-5-9(12)7(11)2/h4-6H2,1-3H3. The van der Waals surface area contributed by atoms with Crippen molar-refractivity contribution in [2.45, 2.75) is 33.6 Å². The number of hydrogen-bond acceptors (Lipinski definition) is 3. The lowest BCUT2D eigenvalue weighted by molar-refractivity contribution is -0.156. The Kier molecular flexibility index (Phi) is 3.92. The lowest BCUT2D eigenvalue weighted by Crippen LogP contribution is -2.38. The molecule has 0 aromatic rings. The molecule has 0 aromatic carbocycles. The molecule has 84 valence electrons. The second-order valence-electron chi connectivity index (χ2n) is 3.71. The average Bonchev–Trinajstić information content (AvgIpc) is 2.45. The van der Waals surface area contributed by atoms with Gasteiger partial charge in [-0.25, -0.2) is 0 Å². The van der Waals surface area contributed by atoms with Gasteiger partial charge in [0, 0.05) is 0 Å². The van der Waals surface area contributed by atoms with Crippen LogP contribution < -0.4 is 0 Å². The maximum atomic E-state index is 11.9. The van der Waals surface area contributed by atoms with Gasteiger partial charge >= 0.3 is 5.97 Å². The molecule has 15 heavy (non-hydrogen) atoms. The Morgan fingerprint density at radius 2 is 2.13 bits per heavy atom. The van der Waals surface area contributed by atoms with Crippen molar-refractivity contribution < 1.29 is 14.3 Å². The summed E-state index contributed by atoms with van der Waals surface area (Å²) < 4.78 is 6.12. The van der Waals surface area contributed by atoms with E-state index in [0.29, 0.717) is 13.0 Å². The van der Waals surface area contributed by atoms with Crippen LogP contribution in [0.1, 0.15) is 33.6 Å². The van der Waals surface area contributed by atoms with Crippen molar-refractivity contribution in [2.75, 3.05) is 6.61 Å². The number of esters is 1. The SMILES string of the molecule is CCOC(=O)C1(C(C)=O)CCC(I)=C1C. The van der Waals surface area contributed by atoms with Crippen LogP contribution in [0.5, 0.6) is 0 Å². The van der Waals surface area contributed by atoms with Gasteiger partial charge in [-0.2, -0.15) is 0 Å². The smallest absolute Gasteiger partial charge is 0.323 e. The Balaban J connectivity index is 3.12. The van der Waals surface area contributed by atoms with Gasteiger partial charge in [-0.3, -0.25) is 9.59 Å². The first-order chi connectivity index (χ1) is 6.96. The fourth-order valence-corrected chi connectivity index (χ4v) is 2.73. The van der Waals surface area contributed by atoms with Crippen LogP contribution in [-0.4, -0.2) is 18.4 Å². The third kappa shape index (κ3) is 1.96. The van der Waals surface area contributed by atoms with Gasteiger partial charge in [0.15, 0.2) is 5.78 Å². The van der Waals surface area contributed by atoms with Gasteiger partial charge in [0.1, 0.15) is 5.41 Å². The minimum atomic E-state index is -0.994. The van der Waals surface area contributed by atoms with Gasteiger partial charge in [-0.15, -0.1) is 0 Å². The molecule has 0 amide bonds. The first kappa shape index (κ1) is 12.7. The highest BCUT2D eigenvalue weighted by Gasteiger charge is 2.50. The molecule has 0 fully saturated rings. The number of allylic oxidation sites excluding steroid dienone is 1. The van der Waals surface area contributed by atoms with E-state index in [-0.39, 0.29) is 11.8 Å². The Labute approximate surface area is 103 Å². The van der Waals surface area contributed by atoms with E-state index in [9.17, 15) is 9.59 Å². The number of carbonyl (C=O) groups is 2. The van der Waals surface area contributed by atoms with E-state index >= 15 is 0 Å². The van der Waals surface area contributed by atoms with E-state index < -0.39 is 5.41 Å². The maximum Gasteiger partial charge on any atom is 0.323 e. The topological polar surface area (TPSA) is 43.4 Å². The second kappa shape index (κ2) is 4.63. The van der Waals surface area contributed by atoms with E-state index in [1.54, 1.807) is 6.92 Å². The summed E-state index contributed by atoms with van der Waals surface area (Å²) >= 11 is 2.20. The van der Waals surface area contributed by atoms with E-state index in [1.165, 1.54) is 6.92 Å². The molecule has 0 aliphatic heterocycles. The predicted octanol–water partition coefficient (Wildman–Crippen LogP) is 2.63. The predicted molar refractivity (Wildman–Crippen MR) is 65.7 cm³/mol.